The van der Waals surface area contributed by atoms with Crippen molar-refractivity contribution in [2.45, 2.75) is 26.8 Å². The van der Waals surface area contributed by atoms with Gasteiger partial charge >= 0.3 is 0 Å². The maximum Gasteiger partial charge on any atom is 0.255 e. The average Bonchev–Trinajstić information content (AvgIpc) is 2.45. The molecule has 1 aromatic heterocycles. The summed E-state index contributed by atoms with van der Waals surface area (Å²) in [5.74, 6) is 1.26. The van der Waals surface area contributed by atoms with E-state index in [9.17, 15) is 4.79 Å². The Morgan fingerprint density at radius 3 is 2.71 bits per heavy atom. The maximum absolute atomic E-state index is 11.6. The van der Waals surface area contributed by atoms with E-state index in [-0.39, 0.29) is 11.9 Å². The normalized spacial score (nSPS) is 12.6. The maximum atomic E-state index is 11.6. The molecule has 1 amide bonds. The SMILES string of the molecule is Cc1cc(C(=O)N[C@H](C)CN)c(C)o1. The van der Waals surface area contributed by atoms with Gasteiger partial charge in [0.05, 0.1) is 5.56 Å². The lowest BCUT2D eigenvalue weighted by Crippen LogP contribution is -2.37. The molecule has 0 spiro atoms. The summed E-state index contributed by atoms with van der Waals surface area (Å²) in [6, 6.07) is 1.71. The second-order valence-corrected chi connectivity index (χ2v) is 3.44. The minimum absolute atomic E-state index is 0.0166. The molecular formula is C10H16N2O2. The zero-order valence-corrected chi connectivity index (χ0v) is 8.76. The van der Waals surface area contributed by atoms with Gasteiger partial charge in [0.1, 0.15) is 11.5 Å². The Morgan fingerprint density at radius 2 is 2.29 bits per heavy atom. The molecule has 0 saturated carbocycles. The van der Waals surface area contributed by atoms with Crippen molar-refractivity contribution >= 4 is 5.91 Å². The average molecular weight is 196 g/mol. The van der Waals surface area contributed by atoms with Crippen LogP contribution in [0.1, 0.15) is 28.8 Å². The Morgan fingerprint density at radius 1 is 1.64 bits per heavy atom. The van der Waals surface area contributed by atoms with Gasteiger partial charge in [0, 0.05) is 12.6 Å². The topological polar surface area (TPSA) is 68.3 Å². The first-order chi connectivity index (χ1) is 6.54. The van der Waals surface area contributed by atoms with Crippen LogP contribution in [0.3, 0.4) is 0 Å². The third kappa shape index (κ3) is 2.35. The number of aryl methyl sites for hydroxylation is 2. The number of carbonyl (C=O) groups excluding carboxylic acids is 1. The van der Waals surface area contributed by atoms with Crippen molar-refractivity contribution in [2.75, 3.05) is 6.54 Å². The third-order valence-electron chi connectivity index (χ3n) is 2.02. The number of rotatable bonds is 3. The second-order valence-electron chi connectivity index (χ2n) is 3.44. The van der Waals surface area contributed by atoms with E-state index in [1.807, 2.05) is 13.8 Å². The molecule has 78 valence electrons. The smallest absolute Gasteiger partial charge is 0.255 e. The summed E-state index contributed by atoms with van der Waals surface area (Å²) in [7, 11) is 0. The van der Waals surface area contributed by atoms with E-state index < -0.39 is 0 Å². The first kappa shape index (κ1) is 10.8. The molecule has 1 rings (SSSR count). The summed E-state index contributed by atoms with van der Waals surface area (Å²) in [4.78, 5) is 11.6. The van der Waals surface area contributed by atoms with Crippen molar-refractivity contribution in [1.82, 2.24) is 5.32 Å². The molecule has 0 radical (unpaired) electrons. The number of carbonyl (C=O) groups is 1. The highest BCUT2D eigenvalue weighted by Crippen LogP contribution is 2.13. The molecule has 4 heteroatoms. The summed E-state index contributed by atoms with van der Waals surface area (Å²) in [6.07, 6.45) is 0. The fourth-order valence-corrected chi connectivity index (χ4v) is 1.22. The van der Waals surface area contributed by atoms with Gasteiger partial charge in [-0.3, -0.25) is 4.79 Å². The second kappa shape index (κ2) is 4.28. The van der Waals surface area contributed by atoms with Gasteiger partial charge < -0.3 is 15.5 Å². The van der Waals surface area contributed by atoms with Gasteiger partial charge in [0.2, 0.25) is 0 Å². The Balaban J connectivity index is 2.74. The highest BCUT2D eigenvalue weighted by Gasteiger charge is 2.14. The summed E-state index contributed by atoms with van der Waals surface area (Å²) in [5, 5.41) is 2.78. The molecule has 0 aliphatic heterocycles. The lowest BCUT2D eigenvalue weighted by Gasteiger charge is -2.10. The Kier molecular flexibility index (Phi) is 3.30. The first-order valence-electron chi connectivity index (χ1n) is 4.62. The van der Waals surface area contributed by atoms with Crippen LogP contribution in [-0.4, -0.2) is 18.5 Å². The Bertz CT molecular complexity index is 331. The molecule has 0 bridgehead atoms. The molecule has 3 N–H and O–H groups in total. The molecule has 4 nitrogen and oxygen atoms in total. The van der Waals surface area contributed by atoms with Crippen molar-refractivity contribution in [2.24, 2.45) is 5.73 Å². The Labute approximate surface area is 83.5 Å². The molecule has 14 heavy (non-hydrogen) atoms. The number of amides is 1. The fourth-order valence-electron chi connectivity index (χ4n) is 1.22. The highest BCUT2D eigenvalue weighted by molar-refractivity contribution is 5.95. The molecule has 1 atom stereocenters. The third-order valence-corrected chi connectivity index (χ3v) is 2.02. The summed E-state index contributed by atoms with van der Waals surface area (Å²) in [6.45, 7) is 5.88. The zero-order valence-electron chi connectivity index (χ0n) is 8.76. The Hall–Kier alpha value is -1.29. The molecule has 0 fully saturated rings. The highest BCUT2D eigenvalue weighted by atomic mass is 16.3. The van der Waals surface area contributed by atoms with Crippen LogP contribution in [0, 0.1) is 13.8 Å². The number of nitrogens with one attached hydrogen (secondary N) is 1. The van der Waals surface area contributed by atoms with Crippen molar-refractivity contribution in [3.8, 4) is 0 Å². The van der Waals surface area contributed by atoms with Crippen LogP contribution in [0.5, 0.6) is 0 Å². The van der Waals surface area contributed by atoms with Gasteiger partial charge in [-0.05, 0) is 26.8 Å². The summed E-state index contributed by atoms with van der Waals surface area (Å²) in [5.41, 5.74) is 5.99. The van der Waals surface area contributed by atoms with Crippen LogP contribution in [-0.2, 0) is 0 Å². The number of nitrogens with two attached hydrogens (primary N) is 1. The largest absolute Gasteiger partial charge is 0.466 e. The molecular weight excluding hydrogens is 180 g/mol. The standard InChI is InChI=1S/C10H16N2O2/c1-6(5-11)12-10(13)9-4-7(2)14-8(9)3/h4,6H,5,11H2,1-3H3,(H,12,13)/t6-/m1/s1. The lowest BCUT2D eigenvalue weighted by molar-refractivity contribution is 0.0940. The van der Waals surface area contributed by atoms with Gasteiger partial charge in [-0.25, -0.2) is 0 Å². The minimum atomic E-state index is -0.127. The predicted molar refractivity (Wildman–Crippen MR) is 54.2 cm³/mol. The van der Waals surface area contributed by atoms with Crippen molar-refractivity contribution in [3.63, 3.8) is 0 Å². The molecule has 1 heterocycles. The number of hydrogen-bond donors (Lipinski definition) is 2. The van der Waals surface area contributed by atoms with E-state index in [4.69, 9.17) is 10.2 Å². The van der Waals surface area contributed by atoms with E-state index in [1.54, 1.807) is 13.0 Å². The molecule has 0 unspecified atom stereocenters. The molecule has 0 aliphatic rings. The lowest BCUT2D eigenvalue weighted by atomic mass is 10.2. The van der Waals surface area contributed by atoms with E-state index in [0.29, 0.717) is 17.9 Å². The quantitative estimate of drug-likeness (QED) is 0.757. The molecule has 0 saturated heterocycles. The van der Waals surface area contributed by atoms with E-state index in [2.05, 4.69) is 5.32 Å². The van der Waals surface area contributed by atoms with E-state index in [0.717, 1.165) is 5.76 Å². The predicted octanol–water partition coefficient (Wildman–Crippen LogP) is 0.973. The number of furan rings is 1. The van der Waals surface area contributed by atoms with Crippen LogP contribution in [0.4, 0.5) is 0 Å². The van der Waals surface area contributed by atoms with E-state index in [1.165, 1.54) is 0 Å². The van der Waals surface area contributed by atoms with Crippen molar-refractivity contribution < 1.29 is 9.21 Å². The summed E-state index contributed by atoms with van der Waals surface area (Å²) >= 11 is 0. The van der Waals surface area contributed by atoms with Crippen LogP contribution in [0.25, 0.3) is 0 Å². The van der Waals surface area contributed by atoms with Crippen LogP contribution in [0.15, 0.2) is 10.5 Å². The monoisotopic (exact) mass is 196 g/mol. The number of hydrogen-bond acceptors (Lipinski definition) is 3. The zero-order chi connectivity index (χ0) is 10.7. The van der Waals surface area contributed by atoms with Crippen molar-refractivity contribution in [1.29, 1.82) is 0 Å². The van der Waals surface area contributed by atoms with E-state index >= 15 is 0 Å². The van der Waals surface area contributed by atoms with Gasteiger partial charge in [-0.15, -0.1) is 0 Å². The first-order valence-corrected chi connectivity index (χ1v) is 4.62. The van der Waals surface area contributed by atoms with Gasteiger partial charge in [-0.1, -0.05) is 0 Å². The van der Waals surface area contributed by atoms with Crippen molar-refractivity contribution in [3.05, 3.63) is 23.2 Å². The van der Waals surface area contributed by atoms with Gasteiger partial charge in [-0.2, -0.15) is 0 Å². The molecule has 1 aromatic rings. The van der Waals surface area contributed by atoms with Gasteiger partial charge in [0.15, 0.2) is 0 Å². The fraction of sp³-hybridized carbons (Fsp3) is 0.500. The van der Waals surface area contributed by atoms with Crippen LogP contribution < -0.4 is 11.1 Å². The minimum Gasteiger partial charge on any atom is -0.466 e. The van der Waals surface area contributed by atoms with Crippen LogP contribution >= 0.6 is 0 Å². The summed E-state index contributed by atoms with van der Waals surface area (Å²) < 4.78 is 5.26. The molecule has 0 aliphatic carbocycles. The van der Waals surface area contributed by atoms with Crippen LogP contribution in [0.2, 0.25) is 0 Å². The molecule has 0 aromatic carbocycles. The van der Waals surface area contributed by atoms with Gasteiger partial charge in [0.25, 0.3) is 5.91 Å².